The van der Waals surface area contributed by atoms with Crippen LogP contribution in [0.4, 0.5) is 0 Å². The van der Waals surface area contributed by atoms with Crippen LogP contribution in [-0.2, 0) is 0 Å². The van der Waals surface area contributed by atoms with Crippen molar-refractivity contribution in [3.05, 3.63) is 96.1 Å². The number of benzene rings is 3. The molecule has 1 atom stereocenters. The lowest BCUT2D eigenvalue weighted by Crippen LogP contribution is -2.27. The van der Waals surface area contributed by atoms with Crippen LogP contribution in [0.25, 0.3) is 11.1 Å². The van der Waals surface area contributed by atoms with Gasteiger partial charge in [-0.15, -0.1) is 0 Å². The first-order chi connectivity index (χ1) is 11.8. The summed E-state index contributed by atoms with van der Waals surface area (Å²) in [6.07, 6.45) is 0. The highest BCUT2D eigenvalue weighted by Gasteiger charge is 2.13. The second kappa shape index (κ2) is 7.60. The molecule has 0 radical (unpaired) electrons. The summed E-state index contributed by atoms with van der Waals surface area (Å²) < 4.78 is 0. The lowest BCUT2D eigenvalue weighted by molar-refractivity contribution is 0.0952. The van der Waals surface area contributed by atoms with Crippen LogP contribution in [0.1, 0.15) is 28.8 Å². The lowest BCUT2D eigenvalue weighted by Gasteiger charge is -2.14. The molecule has 0 spiro atoms. The number of nitrogens with one attached hydrogen (secondary N) is 1. The van der Waals surface area contributed by atoms with Crippen molar-refractivity contribution in [1.29, 1.82) is 0 Å². The fourth-order valence-electron chi connectivity index (χ4n) is 2.79. The molecule has 3 aromatic carbocycles. The molecule has 24 heavy (non-hydrogen) atoms. The summed E-state index contributed by atoms with van der Waals surface area (Å²) in [4.78, 5) is 12.7. The van der Waals surface area contributed by atoms with Gasteiger partial charge in [0.05, 0.1) is 0 Å². The first-order valence-corrected chi connectivity index (χ1v) is 8.23. The van der Waals surface area contributed by atoms with Crippen LogP contribution in [0, 0.1) is 0 Å². The van der Waals surface area contributed by atoms with Crippen molar-refractivity contribution in [2.45, 2.75) is 12.8 Å². The maximum atomic E-state index is 12.7. The third kappa shape index (κ3) is 3.72. The van der Waals surface area contributed by atoms with E-state index >= 15 is 0 Å². The molecule has 1 amide bonds. The highest BCUT2D eigenvalue weighted by Crippen LogP contribution is 2.23. The van der Waals surface area contributed by atoms with Gasteiger partial charge in [0.25, 0.3) is 5.91 Å². The van der Waals surface area contributed by atoms with Gasteiger partial charge in [-0.3, -0.25) is 4.79 Å². The van der Waals surface area contributed by atoms with Crippen LogP contribution in [0.3, 0.4) is 0 Å². The Bertz CT molecular complexity index is 796. The van der Waals surface area contributed by atoms with Gasteiger partial charge in [-0.25, -0.2) is 0 Å². The second-order valence-electron chi connectivity index (χ2n) is 5.93. The van der Waals surface area contributed by atoms with Gasteiger partial charge in [0.15, 0.2) is 0 Å². The normalized spacial score (nSPS) is 11.7. The predicted molar refractivity (Wildman–Crippen MR) is 99.1 cm³/mol. The van der Waals surface area contributed by atoms with Crippen molar-refractivity contribution >= 4 is 5.91 Å². The quantitative estimate of drug-likeness (QED) is 0.714. The van der Waals surface area contributed by atoms with E-state index in [1.165, 1.54) is 5.56 Å². The van der Waals surface area contributed by atoms with E-state index in [1.54, 1.807) is 0 Å². The molecule has 0 saturated heterocycles. The van der Waals surface area contributed by atoms with Crippen LogP contribution in [0.2, 0.25) is 0 Å². The highest BCUT2D eigenvalue weighted by atomic mass is 16.1. The predicted octanol–water partition coefficient (Wildman–Crippen LogP) is 4.89. The van der Waals surface area contributed by atoms with E-state index in [1.807, 2.05) is 72.8 Å². The maximum absolute atomic E-state index is 12.7. The summed E-state index contributed by atoms with van der Waals surface area (Å²) in [7, 11) is 0. The van der Waals surface area contributed by atoms with Crippen molar-refractivity contribution in [1.82, 2.24) is 5.32 Å². The standard InChI is InChI=1S/C22H21NO/c1-17(18-10-4-2-5-11-18)16-23-22(24)21-15-9-8-14-20(21)19-12-6-3-7-13-19/h2-15,17H,16H2,1H3,(H,23,24). The topological polar surface area (TPSA) is 29.1 Å². The Labute approximate surface area is 143 Å². The van der Waals surface area contributed by atoms with Gasteiger partial charge in [0.2, 0.25) is 0 Å². The molecule has 1 N–H and O–H groups in total. The van der Waals surface area contributed by atoms with Crippen LogP contribution < -0.4 is 5.32 Å². The van der Waals surface area contributed by atoms with E-state index in [0.29, 0.717) is 12.1 Å². The molecule has 1 unspecified atom stereocenters. The van der Waals surface area contributed by atoms with Crippen molar-refractivity contribution in [3.63, 3.8) is 0 Å². The lowest BCUT2D eigenvalue weighted by atomic mass is 9.98. The zero-order chi connectivity index (χ0) is 16.8. The summed E-state index contributed by atoms with van der Waals surface area (Å²) in [6, 6.07) is 28.0. The van der Waals surface area contributed by atoms with Gasteiger partial charge in [0.1, 0.15) is 0 Å². The molecule has 0 fully saturated rings. The third-order valence-electron chi connectivity index (χ3n) is 4.19. The molecular weight excluding hydrogens is 294 g/mol. The molecule has 0 aliphatic carbocycles. The van der Waals surface area contributed by atoms with E-state index < -0.39 is 0 Å². The minimum absolute atomic E-state index is 0.0303. The van der Waals surface area contributed by atoms with Crippen molar-refractivity contribution in [2.24, 2.45) is 0 Å². The van der Waals surface area contributed by atoms with E-state index in [4.69, 9.17) is 0 Å². The molecule has 0 aliphatic heterocycles. The first kappa shape index (κ1) is 16.0. The summed E-state index contributed by atoms with van der Waals surface area (Å²) in [6.45, 7) is 2.74. The molecular formula is C22H21NO. The molecule has 3 aromatic rings. The minimum Gasteiger partial charge on any atom is -0.351 e. The summed E-state index contributed by atoms with van der Waals surface area (Å²) in [5.41, 5.74) is 3.96. The zero-order valence-electron chi connectivity index (χ0n) is 13.8. The summed E-state index contributed by atoms with van der Waals surface area (Å²) >= 11 is 0. The van der Waals surface area contributed by atoms with Gasteiger partial charge in [-0.05, 0) is 28.7 Å². The second-order valence-corrected chi connectivity index (χ2v) is 5.93. The Morgan fingerprint density at radius 3 is 2.12 bits per heavy atom. The molecule has 2 nitrogen and oxygen atoms in total. The molecule has 0 aromatic heterocycles. The SMILES string of the molecule is CC(CNC(=O)c1ccccc1-c1ccccc1)c1ccccc1. The number of hydrogen-bond acceptors (Lipinski definition) is 1. The van der Waals surface area contributed by atoms with E-state index in [-0.39, 0.29) is 11.8 Å². The Kier molecular flexibility index (Phi) is 5.07. The monoisotopic (exact) mass is 315 g/mol. The largest absolute Gasteiger partial charge is 0.351 e. The summed E-state index contributed by atoms with van der Waals surface area (Å²) in [5.74, 6) is 0.247. The smallest absolute Gasteiger partial charge is 0.251 e. The average molecular weight is 315 g/mol. The van der Waals surface area contributed by atoms with Crippen LogP contribution in [0.5, 0.6) is 0 Å². The number of carbonyl (C=O) groups excluding carboxylic acids is 1. The fraction of sp³-hybridized carbons (Fsp3) is 0.136. The average Bonchev–Trinajstić information content (AvgIpc) is 2.67. The Morgan fingerprint density at radius 2 is 1.42 bits per heavy atom. The molecule has 2 heteroatoms. The van der Waals surface area contributed by atoms with E-state index in [0.717, 1.165) is 11.1 Å². The molecule has 3 rings (SSSR count). The van der Waals surface area contributed by atoms with Crippen molar-refractivity contribution in [3.8, 4) is 11.1 Å². The Balaban J connectivity index is 1.74. The zero-order valence-corrected chi connectivity index (χ0v) is 13.8. The molecule has 0 heterocycles. The van der Waals surface area contributed by atoms with E-state index in [9.17, 15) is 4.79 Å². The van der Waals surface area contributed by atoms with Gasteiger partial charge in [0, 0.05) is 12.1 Å². The number of hydrogen-bond donors (Lipinski definition) is 1. The van der Waals surface area contributed by atoms with Gasteiger partial charge < -0.3 is 5.32 Å². The summed E-state index contributed by atoms with van der Waals surface area (Å²) in [5, 5.41) is 3.07. The molecule has 120 valence electrons. The van der Waals surface area contributed by atoms with Crippen molar-refractivity contribution < 1.29 is 4.79 Å². The van der Waals surface area contributed by atoms with Gasteiger partial charge in [-0.1, -0.05) is 85.8 Å². The first-order valence-electron chi connectivity index (χ1n) is 8.23. The van der Waals surface area contributed by atoms with Crippen LogP contribution in [0.15, 0.2) is 84.9 Å². The molecule has 0 saturated carbocycles. The highest BCUT2D eigenvalue weighted by molar-refractivity contribution is 6.00. The molecule has 0 bridgehead atoms. The molecule has 0 aliphatic rings. The van der Waals surface area contributed by atoms with Crippen LogP contribution >= 0.6 is 0 Å². The van der Waals surface area contributed by atoms with Gasteiger partial charge in [-0.2, -0.15) is 0 Å². The number of carbonyl (C=O) groups is 1. The fourth-order valence-corrected chi connectivity index (χ4v) is 2.79. The minimum atomic E-state index is -0.0303. The Morgan fingerprint density at radius 1 is 0.833 bits per heavy atom. The Hall–Kier alpha value is -2.87. The van der Waals surface area contributed by atoms with E-state index in [2.05, 4.69) is 24.4 Å². The maximum Gasteiger partial charge on any atom is 0.251 e. The third-order valence-corrected chi connectivity index (χ3v) is 4.19. The number of amides is 1. The van der Waals surface area contributed by atoms with Gasteiger partial charge >= 0.3 is 0 Å². The van der Waals surface area contributed by atoms with Crippen LogP contribution in [-0.4, -0.2) is 12.5 Å². The number of rotatable bonds is 5. The van der Waals surface area contributed by atoms with Crippen molar-refractivity contribution in [2.75, 3.05) is 6.54 Å².